The Morgan fingerprint density at radius 1 is 1.14 bits per heavy atom. The molecule has 0 aliphatic heterocycles. The van der Waals surface area contributed by atoms with Gasteiger partial charge in [-0.3, -0.25) is 4.79 Å². The van der Waals surface area contributed by atoms with Crippen LogP contribution >= 0.6 is 23.2 Å². The molecule has 0 unspecified atom stereocenters. The van der Waals surface area contributed by atoms with Gasteiger partial charge in [-0.15, -0.1) is 0 Å². The molecule has 1 amide bonds. The summed E-state index contributed by atoms with van der Waals surface area (Å²) in [5, 5.41) is 1.57. The van der Waals surface area contributed by atoms with Crippen LogP contribution < -0.4 is 5.32 Å². The molecule has 1 aromatic carbocycles. The first-order valence-electron chi connectivity index (χ1n) is 6.04. The van der Waals surface area contributed by atoms with Crippen LogP contribution in [0.2, 0.25) is 0 Å². The predicted octanol–water partition coefficient (Wildman–Crippen LogP) is 3.40. The molecule has 0 saturated heterocycles. The van der Waals surface area contributed by atoms with Crippen molar-refractivity contribution >= 4 is 38.9 Å². The van der Waals surface area contributed by atoms with E-state index in [4.69, 9.17) is 27.6 Å². The van der Waals surface area contributed by atoms with Gasteiger partial charge in [0.2, 0.25) is 9.84 Å². The number of rotatable bonds is 4. The Bertz CT molecular complexity index is 805. The molecule has 1 aromatic heterocycles. The fraction of sp³-hybridized carbons (Fsp3) is 0.0714. The number of amides is 1. The van der Waals surface area contributed by atoms with Crippen molar-refractivity contribution in [2.75, 3.05) is 0 Å². The topological polar surface area (TPSA) is 76.4 Å². The highest BCUT2D eigenvalue weighted by Crippen LogP contribution is 2.25. The predicted molar refractivity (Wildman–Crippen MR) is 83.3 cm³/mol. The molecular weight excluding hydrogens is 349 g/mol. The van der Waals surface area contributed by atoms with Gasteiger partial charge in [-0.1, -0.05) is 40.9 Å². The van der Waals surface area contributed by atoms with E-state index < -0.39 is 25.3 Å². The maximum absolute atomic E-state index is 12.5. The van der Waals surface area contributed by atoms with Crippen LogP contribution in [0.4, 0.5) is 0 Å². The van der Waals surface area contributed by atoms with E-state index in [1.165, 1.54) is 30.5 Å². The van der Waals surface area contributed by atoms with E-state index in [0.29, 0.717) is 0 Å². The number of sulfone groups is 1. The second kappa shape index (κ2) is 6.56. The zero-order valence-electron chi connectivity index (χ0n) is 11.3. The van der Waals surface area contributed by atoms with E-state index in [1.807, 2.05) is 6.92 Å². The van der Waals surface area contributed by atoms with Crippen molar-refractivity contribution in [2.45, 2.75) is 11.8 Å². The van der Waals surface area contributed by atoms with E-state index in [1.54, 1.807) is 12.1 Å². The molecule has 22 heavy (non-hydrogen) atoms. The highest BCUT2D eigenvalue weighted by molar-refractivity contribution is 7.95. The summed E-state index contributed by atoms with van der Waals surface area (Å²) in [4.78, 5) is 11.9. The molecule has 1 N–H and O–H groups in total. The fourth-order valence-electron chi connectivity index (χ4n) is 1.62. The van der Waals surface area contributed by atoms with Gasteiger partial charge in [0.1, 0.15) is 4.49 Å². The van der Waals surface area contributed by atoms with Crippen molar-refractivity contribution in [3.05, 3.63) is 63.5 Å². The lowest BCUT2D eigenvalue weighted by Crippen LogP contribution is -2.27. The first kappa shape index (κ1) is 16.6. The quantitative estimate of drug-likeness (QED) is 0.907. The van der Waals surface area contributed by atoms with E-state index in [9.17, 15) is 13.2 Å². The van der Waals surface area contributed by atoms with Crippen LogP contribution in [0.5, 0.6) is 0 Å². The monoisotopic (exact) mass is 359 g/mol. The Labute approximate surface area is 137 Å². The number of hydrogen-bond acceptors (Lipinski definition) is 4. The van der Waals surface area contributed by atoms with Crippen molar-refractivity contribution in [3.8, 4) is 0 Å². The Morgan fingerprint density at radius 3 is 2.27 bits per heavy atom. The molecule has 2 aromatic rings. The third-order valence-electron chi connectivity index (χ3n) is 2.74. The van der Waals surface area contributed by atoms with Gasteiger partial charge in [0.15, 0.2) is 10.8 Å². The minimum absolute atomic E-state index is 0.0355. The number of furan rings is 1. The second-order valence-electron chi connectivity index (χ2n) is 4.34. The van der Waals surface area contributed by atoms with Crippen LogP contribution in [0.1, 0.15) is 16.1 Å². The molecule has 0 aliphatic rings. The van der Waals surface area contributed by atoms with Crippen LogP contribution in [0.25, 0.3) is 0 Å². The smallest absolute Gasteiger partial charge is 0.291 e. The second-order valence-corrected chi connectivity index (χ2v) is 7.17. The summed E-state index contributed by atoms with van der Waals surface area (Å²) in [6.07, 6.45) is 1.29. The summed E-state index contributed by atoms with van der Waals surface area (Å²) in [5.41, 5.74) is 0.890. The van der Waals surface area contributed by atoms with E-state index >= 15 is 0 Å². The van der Waals surface area contributed by atoms with Crippen LogP contribution in [0, 0.1) is 6.92 Å². The molecule has 0 bridgehead atoms. The number of halogens is 2. The molecule has 0 radical (unpaired) electrons. The third-order valence-corrected chi connectivity index (χ3v) is 5.08. The first-order chi connectivity index (χ1) is 10.3. The minimum Gasteiger partial charge on any atom is -0.459 e. The Balaban J connectivity index is 2.38. The summed E-state index contributed by atoms with van der Waals surface area (Å²) in [7, 11) is -4.06. The average molecular weight is 360 g/mol. The number of carbonyl (C=O) groups is 1. The number of hydrogen-bond donors (Lipinski definition) is 1. The van der Waals surface area contributed by atoms with Crippen LogP contribution in [-0.2, 0) is 9.84 Å². The van der Waals surface area contributed by atoms with Crippen molar-refractivity contribution in [2.24, 2.45) is 0 Å². The standard InChI is InChI=1S/C14H11Cl2NO4S/c1-9-4-6-10(7-5-9)22(19,20)14(12(15)16)17-13(18)11-3-2-8-21-11/h2-8H,1H3,(H,17,18). The molecule has 0 atom stereocenters. The molecule has 1 heterocycles. The normalized spacial score (nSPS) is 11.0. The lowest BCUT2D eigenvalue weighted by atomic mass is 10.2. The molecule has 0 aliphatic carbocycles. The van der Waals surface area contributed by atoms with Gasteiger partial charge >= 0.3 is 0 Å². The van der Waals surface area contributed by atoms with Crippen molar-refractivity contribution in [1.29, 1.82) is 0 Å². The highest BCUT2D eigenvalue weighted by atomic mass is 35.5. The summed E-state index contributed by atoms with van der Waals surface area (Å²) < 4.78 is 29.4. The van der Waals surface area contributed by atoms with Gasteiger partial charge in [-0.2, -0.15) is 0 Å². The molecule has 0 fully saturated rings. The Kier molecular flexibility index (Phi) is 4.95. The van der Waals surface area contributed by atoms with E-state index in [0.717, 1.165) is 5.56 Å². The highest BCUT2D eigenvalue weighted by Gasteiger charge is 2.26. The third kappa shape index (κ3) is 3.52. The average Bonchev–Trinajstić information content (AvgIpc) is 2.98. The fourth-order valence-corrected chi connectivity index (χ4v) is 3.49. The molecule has 0 spiro atoms. The zero-order valence-corrected chi connectivity index (χ0v) is 13.7. The van der Waals surface area contributed by atoms with Gasteiger partial charge < -0.3 is 9.73 Å². The molecule has 5 nitrogen and oxygen atoms in total. The molecule has 8 heteroatoms. The molecule has 2 rings (SSSR count). The summed E-state index contributed by atoms with van der Waals surface area (Å²) >= 11 is 11.3. The Morgan fingerprint density at radius 2 is 1.77 bits per heavy atom. The van der Waals surface area contributed by atoms with Crippen LogP contribution in [-0.4, -0.2) is 14.3 Å². The number of carbonyl (C=O) groups excluding carboxylic acids is 1. The van der Waals surface area contributed by atoms with Gasteiger partial charge in [0.05, 0.1) is 11.2 Å². The van der Waals surface area contributed by atoms with Gasteiger partial charge in [0, 0.05) is 0 Å². The van der Waals surface area contributed by atoms with Gasteiger partial charge in [-0.05, 0) is 31.2 Å². The number of benzene rings is 1. The molecule has 116 valence electrons. The maximum Gasteiger partial charge on any atom is 0.291 e. The lowest BCUT2D eigenvalue weighted by molar-refractivity contribution is 0.0941. The molecular formula is C14H11Cl2NO4S. The number of aryl methyl sites for hydroxylation is 1. The van der Waals surface area contributed by atoms with E-state index in [-0.39, 0.29) is 10.7 Å². The van der Waals surface area contributed by atoms with Gasteiger partial charge in [-0.25, -0.2) is 8.42 Å². The minimum atomic E-state index is -4.06. The SMILES string of the molecule is Cc1ccc(S(=O)(=O)C(NC(=O)c2ccco2)=C(Cl)Cl)cc1. The number of nitrogens with one attached hydrogen (secondary N) is 1. The van der Waals surface area contributed by atoms with Crippen molar-refractivity contribution in [1.82, 2.24) is 5.32 Å². The maximum atomic E-state index is 12.5. The Hall–Kier alpha value is -1.76. The zero-order chi connectivity index (χ0) is 16.3. The van der Waals surface area contributed by atoms with Gasteiger partial charge in [0.25, 0.3) is 5.91 Å². The molecule has 0 saturated carbocycles. The van der Waals surface area contributed by atoms with Crippen molar-refractivity contribution < 1.29 is 17.6 Å². The largest absolute Gasteiger partial charge is 0.459 e. The van der Waals surface area contributed by atoms with E-state index in [2.05, 4.69) is 5.32 Å². The summed E-state index contributed by atoms with van der Waals surface area (Å²) in [6, 6.07) is 8.94. The summed E-state index contributed by atoms with van der Waals surface area (Å²) in [5.74, 6) is -0.833. The van der Waals surface area contributed by atoms with Crippen LogP contribution in [0.15, 0.2) is 61.5 Å². The lowest BCUT2D eigenvalue weighted by Gasteiger charge is -2.10. The first-order valence-corrected chi connectivity index (χ1v) is 8.28. The summed E-state index contributed by atoms with van der Waals surface area (Å²) in [6.45, 7) is 1.82. The van der Waals surface area contributed by atoms with Crippen LogP contribution in [0.3, 0.4) is 0 Å². The van der Waals surface area contributed by atoms with Crippen molar-refractivity contribution in [3.63, 3.8) is 0 Å².